The Morgan fingerprint density at radius 1 is 1.17 bits per heavy atom. The van der Waals surface area contributed by atoms with Crippen LogP contribution >= 0.6 is 0 Å². The number of carbonyl (C=O) groups is 2. The van der Waals surface area contributed by atoms with Gasteiger partial charge in [0.1, 0.15) is 18.4 Å². The molecule has 0 aliphatic carbocycles. The number of nitrogens with zero attached hydrogens (tertiary/aromatic N) is 2. The second-order valence-electron chi connectivity index (χ2n) is 6.43. The topological polar surface area (TPSA) is 72.6 Å². The first kappa shape index (κ1) is 17.7. The monoisotopic (exact) mass is 330 g/mol. The van der Waals surface area contributed by atoms with Crippen molar-refractivity contribution in [3.8, 4) is 0 Å². The number of benzene rings is 1. The Bertz CT molecular complexity index is 660. The van der Waals surface area contributed by atoms with E-state index in [1.54, 1.807) is 20.8 Å². The predicted molar refractivity (Wildman–Crippen MR) is 88.4 cm³/mol. The molecular weight excluding hydrogens is 308 g/mol. The molecule has 1 amide bonds. The molecule has 0 N–H and O–H groups in total. The van der Waals surface area contributed by atoms with E-state index in [0.717, 1.165) is 5.56 Å². The Balaban J connectivity index is 2.06. The van der Waals surface area contributed by atoms with Crippen molar-refractivity contribution in [2.45, 2.75) is 32.8 Å². The van der Waals surface area contributed by atoms with Gasteiger partial charge in [-0.15, -0.1) is 0 Å². The van der Waals surface area contributed by atoms with Gasteiger partial charge in [0.15, 0.2) is 5.69 Å². The molecule has 0 bridgehead atoms. The van der Waals surface area contributed by atoms with Crippen LogP contribution in [0.4, 0.5) is 0 Å². The molecule has 0 radical (unpaired) electrons. The molecule has 0 spiro atoms. The number of esters is 1. The summed E-state index contributed by atoms with van der Waals surface area (Å²) in [5, 5.41) is 3.66. The second kappa shape index (κ2) is 7.77. The van der Waals surface area contributed by atoms with Crippen molar-refractivity contribution < 1.29 is 18.8 Å². The van der Waals surface area contributed by atoms with Crippen molar-refractivity contribution in [1.82, 2.24) is 10.1 Å². The summed E-state index contributed by atoms with van der Waals surface area (Å²) in [7, 11) is 0. The molecule has 6 nitrogen and oxygen atoms in total. The minimum absolute atomic E-state index is 0.129. The Morgan fingerprint density at radius 3 is 2.46 bits per heavy atom. The van der Waals surface area contributed by atoms with E-state index in [2.05, 4.69) is 5.16 Å². The second-order valence-corrected chi connectivity index (χ2v) is 6.43. The molecule has 0 saturated heterocycles. The van der Waals surface area contributed by atoms with Crippen LogP contribution < -0.4 is 0 Å². The third-order valence-corrected chi connectivity index (χ3v) is 3.20. The van der Waals surface area contributed by atoms with Crippen molar-refractivity contribution in [2.75, 3.05) is 13.1 Å². The maximum Gasteiger partial charge on any atom is 0.326 e. The van der Waals surface area contributed by atoms with Gasteiger partial charge in [-0.1, -0.05) is 35.5 Å². The van der Waals surface area contributed by atoms with Gasteiger partial charge in [-0.3, -0.25) is 9.59 Å². The smallest absolute Gasteiger partial charge is 0.326 e. The van der Waals surface area contributed by atoms with Crippen LogP contribution in [0.5, 0.6) is 0 Å². The van der Waals surface area contributed by atoms with Gasteiger partial charge in [0, 0.05) is 12.6 Å². The molecule has 128 valence electrons. The summed E-state index contributed by atoms with van der Waals surface area (Å²) >= 11 is 0. The first-order chi connectivity index (χ1) is 11.3. The van der Waals surface area contributed by atoms with Crippen molar-refractivity contribution in [2.24, 2.45) is 0 Å². The van der Waals surface area contributed by atoms with Crippen LogP contribution in [-0.4, -0.2) is 40.6 Å². The molecule has 0 saturated carbocycles. The molecule has 0 aliphatic heterocycles. The Hall–Kier alpha value is -2.63. The Morgan fingerprint density at radius 2 is 1.88 bits per heavy atom. The van der Waals surface area contributed by atoms with E-state index in [0.29, 0.717) is 13.0 Å². The van der Waals surface area contributed by atoms with E-state index >= 15 is 0 Å². The summed E-state index contributed by atoms with van der Waals surface area (Å²) in [6.45, 7) is 5.63. The van der Waals surface area contributed by atoms with Crippen LogP contribution in [0.3, 0.4) is 0 Å². The molecule has 0 unspecified atom stereocenters. The quantitative estimate of drug-likeness (QED) is 0.762. The molecule has 0 aliphatic rings. The van der Waals surface area contributed by atoms with E-state index in [1.807, 2.05) is 30.3 Å². The van der Waals surface area contributed by atoms with Crippen molar-refractivity contribution >= 4 is 11.9 Å². The van der Waals surface area contributed by atoms with Gasteiger partial charge < -0.3 is 14.2 Å². The SMILES string of the molecule is CC(C)(C)OC(=O)CN(CCc1ccccc1)C(=O)c1ccon1. The highest BCUT2D eigenvalue weighted by atomic mass is 16.6. The third-order valence-electron chi connectivity index (χ3n) is 3.20. The van der Waals surface area contributed by atoms with Crippen LogP contribution in [-0.2, 0) is 16.0 Å². The van der Waals surface area contributed by atoms with Crippen LogP contribution in [0, 0.1) is 0 Å². The molecule has 2 aromatic rings. The lowest BCUT2D eigenvalue weighted by molar-refractivity contribution is -0.155. The number of amides is 1. The molecule has 2 rings (SSSR count). The molecule has 24 heavy (non-hydrogen) atoms. The maximum absolute atomic E-state index is 12.5. The van der Waals surface area contributed by atoms with Gasteiger partial charge in [0.25, 0.3) is 5.91 Å². The van der Waals surface area contributed by atoms with Crippen LogP contribution in [0.15, 0.2) is 47.2 Å². The Labute approximate surface area is 141 Å². The highest BCUT2D eigenvalue weighted by Crippen LogP contribution is 2.10. The molecule has 6 heteroatoms. The van der Waals surface area contributed by atoms with E-state index in [1.165, 1.54) is 17.2 Å². The zero-order valence-corrected chi connectivity index (χ0v) is 14.2. The zero-order valence-electron chi connectivity index (χ0n) is 14.2. The predicted octanol–water partition coefficient (Wildman–Crippen LogP) is 2.70. The molecule has 1 aromatic carbocycles. The molecule has 0 atom stereocenters. The standard InChI is InChI=1S/C18H22N2O4/c1-18(2,3)24-16(21)13-20(17(22)15-10-12-23-19-15)11-9-14-7-5-4-6-8-14/h4-8,10,12H,9,11,13H2,1-3H3. The lowest BCUT2D eigenvalue weighted by atomic mass is 10.1. The van der Waals surface area contributed by atoms with Crippen LogP contribution in [0.25, 0.3) is 0 Å². The number of hydrogen-bond donors (Lipinski definition) is 0. The number of ether oxygens (including phenoxy) is 1. The van der Waals surface area contributed by atoms with Gasteiger partial charge in [-0.25, -0.2) is 0 Å². The summed E-state index contributed by atoms with van der Waals surface area (Å²) < 4.78 is 10.0. The Kier molecular flexibility index (Phi) is 5.73. The summed E-state index contributed by atoms with van der Waals surface area (Å²) in [6, 6.07) is 11.2. The van der Waals surface area contributed by atoms with E-state index in [4.69, 9.17) is 9.26 Å². The fourth-order valence-corrected chi connectivity index (χ4v) is 2.18. The lowest BCUT2D eigenvalue weighted by Gasteiger charge is -2.24. The van der Waals surface area contributed by atoms with Gasteiger partial charge >= 0.3 is 5.97 Å². The highest BCUT2D eigenvalue weighted by Gasteiger charge is 2.24. The average molecular weight is 330 g/mol. The maximum atomic E-state index is 12.5. The minimum Gasteiger partial charge on any atom is -0.459 e. The molecule has 1 aromatic heterocycles. The van der Waals surface area contributed by atoms with Crippen molar-refractivity contribution in [3.05, 3.63) is 53.9 Å². The molecule has 0 fully saturated rings. The number of carbonyl (C=O) groups excluding carboxylic acids is 2. The van der Waals surface area contributed by atoms with Gasteiger partial charge in [-0.05, 0) is 32.8 Å². The molecular formula is C18H22N2O4. The number of hydrogen-bond acceptors (Lipinski definition) is 5. The van der Waals surface area contributed by atoms with Gasteiger partial charge in [0.2, 0.25) is 0 Å². The van der Waals surface area contributed by atoms with Crippen LogP contribution in [0.2, 0.25) is 0 Å². The summed E-state index contributed by atoms with van der Waals surface area (Å²) in [5.74, 6) is -0.807. The first-order valence-corrected chi connectivity index (χ1v) is 7.80. The zero-order chi connectivity index (χ0) is 17.6. The van der Waals surface area contributed by atoms with E-state index in [9.17, 15) is 9.59 Å². The van der Waals surface area contributed by atoms with E-state index < -0.39 is 11.6 Å². The normalized spacial score (nSPS) is 11.1. The summed E-state index contributed by atoms with van der Waals surface area (Å²) in [5.41, 5.74) is 0.658. The first-order valence-electron chi connectivity index (χ1n) is 7.80. The third kappa shape index (κ3) is 5.53. The average Bonchev–Trinajstić information content (AvgIpc) is 3.04. The summed E-state index contributed by atoms with van der Waals surface area (Å²) in [6.07, 6.45) is 1.96. The molecule has 1 heterocycles. The van der Waals surface area contributed by atoms with Crippen molar-refractivity contribution in [3.63, 3.8) is 0 Å². The number of aromatic nitrogens is 1. The van der Waals surface area contributed by atoms with Gasteiger partial charge in [-0.2, -0.15) is 0 Å². The number of rotatable bonds is 6. The van der Waals surface area contributed by atoms with Gasteiger partial charge in [0.05, 0.1) is 0 Å². The fourth-order valence-electron chi connectivity index (χ4n) is 2.18. The van der Waals surface area contributed by atoms with Crippen LogP contribution in [0.1, 0.15) is 36.8 Å². The van der Waals surface area contributed by atoms with E-state index in [-0.39, 0.29) is 18.1 Å². The van der Waals surface area contributed by atoms with Crippen molar-refractivity contribution in [1.29, 1.82) is 0 Å². The highest BCUT2D eigenvalue weighted by molar-refractivity contribution is 5.94. The lowest BCUT2D eigenvalue weighted by Crippen LogP contribution is -2.40. The fraction of sp³-hybridized carbons (Fsp3) is 0.389. The summed E-state index contributed by atoms with van der Waals surface area (Å²) in [4.78, 5) is 26.0. The largest absolute Gasteiger partial charge is 0.459 e. The minimum atomic E-state index is -0.598.